The Morgan fingerprint density at radius 3 is 2.41 bits per heavy atom. The standard InChI is InChI=1S/C45H50N6O4S/c1-27-32(20-47-51(27)26-44(8)23-43(7)21-42(5,6)22-45(24-43,25-44)55-41(2,3)4)29-16-17-33(48-37(29)39(53)54)28-18-31-30(12-11-14-34(31)46-19-28)38(52)50-40-49-35-13-9-10-15-36(35)56-40/h9-20H,21-26H2,1-8H3,(H,53,54)(H,49,50,52). The molecule has 3 unspecified atom stereocenters. The molecule has 2 saturated carbocycles. The topological polar surface area (TPSA) is 132 Å². The van der Waals surface area contributed by atoms with Crippen LogP contribution >= 0.6 is 11.3 Å². The number of thiazole rings is 1. The molecule has 10 nitrogen and oxygen atoms in total. The van der Waals surface area contributed by atoms with Crippen molar-refractivity contribution in [3.8, 4) is 22.4 Å². The van der Waals surface area contributed by atoms with Crippen molar-refractivity contribution < 1.29 is 19.4 Å². The number of hydrogen-bond donors (Lipinski definition) is 2. The van der Waals surface area contributed by atoms with E-state index in [9.17, 15) is 14.7 Å². The summed E-state index contributed by atoms with van der Waals surface area (Å²) in [6.07, 6.45) is 8.67. The Morgan fingerprint density at radius 1 is 0.893 bits per heavy atom. The number of anilines is 1. The summed E-state index contributed by atoms with van der Waals surface area (Å²) in [5.41, 5.74) is 4.75. The summed E-state index contributed by atoms with van der Waals surface area (Å²) in [6.45, 7) is 18.8. The van der Waals surface area contributed by atoms with Crippen LogP contribution in [0, 0.1) is 23.2 Å². The highest BCUT2D eigenvalue weighted by molar-refractivity contribution is 7.22. The maximum Gasteiger partial charge on any atom is 0.355 e. The maximum absolute atomic E-state index is 13.6. The number of nitrogens with zero attached hydrogens (tertiary/aromatic N) is 5. The number of fused-ring (bicyclic) bond motifs is 4. The first-order chi connectivity index (χ1) is 26.3. The third kappa shape index (κ3) is 7.34. The van der Waals surface area contributed by atoms with Gasteiger partial charge < -0.3 is 9.84 Å². The smallest absolute Gasteiger partial charge is 0.355 e. The number of para-hydroxylation sites is 1. The lowest BCUT2D eigenvalue weighted by Crippen LogP contribution is -2.58. The van der Waals surface area contributed by atoms with E-state index in [1.54, 1.807) is 30.6 Å². The van der Waals surface area contributed by atoms with Gasteiger partial charge in [0.1, 0.15) is 0 Å². The van der Waals surface area contributed by atoms with Gasteiger partial charge in [0.25, 0.3) is 5.91 Å². The number of hydrogen-bond acceptors (Lipinski definition) is 8. The van der Waals surface area contributed by atoms with Crippen LogP contribution in [-0.4, -0.2) is 52.9 Å². The van der Waals surface area contributed by atoms with E-state index >= 15 is 0 Å². The predicted molar refractivity (Wildman–Crippen MR) is 222 cm³/mol. The van der Waals surface area contributed by atoms with Crippen LogP contribution in [0.15, 0.2) is 73.1 Å². The van der Waals surface area contributed by atoms with Gasteiger partial charge in [0, 0.05) is 46.1 Å². The molecular formula is C45H50N6O4S. The van der Waals surface area contributed by atoms with Crippen LogP contribution in [0.5, 0.6) is 0 Å². The number of carboxylic acids is 1. The fraction of sp³-hybridized carbons (Fsp3) is 0.422. The minimum absolute atomic E-state index is 0.0715. The van der Waals surface area contributed by atoms with E-state index in [1.165, 1.54) is 11.3 Å². The molecule has 4 aromatic heterocycles. The van der Waals surface area contributed by atoms with Crippen molar-refractivity contribution in [1.82, 2.24) is 24.7 Å². The monoisotopic (exact) mass is 770 g/mol. The van der Waals surface area contributed by atoms with E-state index < -0.39 is 5.97 Å². The van der Waals surface area contributed by atoms with Gasteiger partial charge in [-0.2, -0.15) is 5.10 Å². The van der Waals surface area contributed by atoms with Gasteiger partial charge in [0.05, 0.1) is 38.8 Å². The average molecular weight is 771 g/mol. The zero-order valence-electron chi connectivity index (χ0n) is 33.5. The molecule has 11 heteroatoms. The second-order valence-corrected chi connectivity index (χ2v) is 19.8. The Labute approximate surface area is 331 Å². The first kappa shape index (κ1) is 37.9. The van der Waals surface area contributed by atoms with Crippen molar-refractivity contribution in [2.75, 3.05) is 5.32 Å². The lowest BCUT2D eigenvalue weighted by Gasteiger charge is -2.62. The van der Waals surface area contributed by atoms with E-state index in [0.29, 0.717) is 45.0 Å². The van der Waals surface area contributed by atoms with Gasteiger partial charge in [-0.15, -0.1) is 0 Å². The van der Waals surface area contributed by atoms with Crippen molar-refractivity contribution in [2.24, 2.45) is 16.2 Å². The maximum atomic E-state index is 13.6. The summed E-state index contributed by atoms with van der Waals surface area (Å²) in [5, 5.41) is 19.4. The van der Waals surface area contributed by atoms with Crippen LogP contribution in [0.4, 0.5) is 5.13 Å². The molecule has 3 atom stereocenters. The second-order valence-electron chi connectivity index (χ2n) is 18.8. The van der Waals surface area contributed by atoms with Crippen LogP contribution in [0.2, 0.25) is 0 Å². The van der Waals surface area contributed by atoms with Gasteiger partial charge >= 0.3 is 5.97 Å². The number of carbonyl (C=O) groups is 2. The normalized spacial score (nSPS) is 23.4. The Bertz CT molecular complexity index is 2490. The van der Waals surface area contributed by atoms with Crippen LogP contribution in [0.25, 0.3) is 43.5 Å². The van der Waals surface area contributed by atoms with E-state index in [-0.39, 0.29) is 39.0 Å². The number of aromatic nitrogens is 5. The molecule has 56 heavy (non-hydrogen) atoms. The second kappa shape index (κ2) is 13.3. The van der Waals surface area contributed by atoms with Gasteiger partial charge in [0.15, 0.2) is 10.8 Å². The zero-order chi connectivity index (χ0) is 39.8. The predicted octanol–water partition coefficient (Wildman–Crippen LogP) is 10.6. The fourth-order valence-corrected chi connectivity index (χ4v) is 11.7. The SMILES string of the molecule is Cc1c(-c2ccc(-c3cnc4cccc(C(=O)Nc5nc6ccccc6s5)c4c3)nc2C(=O)O)cnn1CC1(C)CC2(C)CC(C)(C)CC(OC(C)(C)C)(C1)C2. The van der Waals surface area contributed by atoms with Crippen LogP contribution in [0.1, 0.15) is 107 Å². The van der Waals surface area contributed by atoms with E-state index in [0.717, 1.165) is 53.6 Å². The largest absolute Gasteiger partial charge is 0.476 e. The molecule has 2 bridgehead atoms. The van der Waals surface area contributed by atoms with Crippen molar-refractivity contribution in [3.05, 3.63) is 90.0 Å². The number of carbonyl (C=O) groups excluding carboxylic acids is 1. The lowest BCUT2D eigenvalue weighted by molar-refractivity contribution is -0.232. The van der Waals surface area contributed by atoms with Crippen molar-refractivity contribution in [2.45, 2.75) is 105 Å². The molecule has 6 aromatic rings. The highest BCUT2D eigenvalue weighted by Gasteiger charge is 2.59. The molecule has 0 spiro atoms. The van der Waals surface area contributed by atoms with Gasteiger partial charge in [-0.25, -0.2) is 14.8 Å². The quantitative estimate of drug-likeness (QED) is 0.156. The molecule has 4 heterocycles. The third-order valence-corrected chi connectivity index (χ3v) is 12.3. The van der Waals surface area contributed by atoms with Crippen molar-refractivity contribution in [3.63, 3.8) is 0 Å². The molecule has 0 radical (unpaired) electrons. The first-order valence-corrected chi connectivity index (χ1v) is 20.2. The number of carboxylic acid groups (broad SMARTS) is 1. The Kier molecular flexibility index (Phi) is 9.00. The Hall–Kier alpha value is -5.00. The fourth-order valence-electron chi connectivity index (χ4n) is 10.8. The summed E-state index contributed by atoms with van der Waals surface area (Å²) >= 11 is 1.41. The van der Waals surface area contributed by atoms with Gasteiger partial charge in [-0.05, 0) is 119 Å². The number of benzene rings is 2. The van der Waals surface area contributed by atoms with Gasteiger partial charge in [-0.1, -0.05) is 57.2 Å². The number of amides is 1. The molecule has 2 aliphatic rings. The molecule has 1 amide bonds. The number of ether oxygens (including phenoxy) is 1. The van der Waals surface area contributed by atoms with E-state index in [4.69, 9.17) is 9.84 Å². The van der Waals surface area contributed by atoms with Crippen molar-refractivity contribution >= 4 is 49.5 Å². The number of pyridine rings is 2. The molecule has 2 fully saturated rings. The molecule has 8 rings (SSSR count). The zero-order valence-corrected chi connectivity index (χ0v) is 34.3. The summed E-state index contributed by atoms with van der Waals surface area (Å²) < 4.78 is 10.0. The minimum atomic E-state index is -1.14. The first-order valence-electron chi connectivity index (χ1n) is 19.3. The molecular weight excluding hydrogens is 721 g/mol. The Balaban J connectivity index is 1.08. The molecule has 2 aromatic carbocycles. The van der Waals surface area contributed by atoms with Crippen LogP contribution in [-0.2, 0) is 11.3 Å². The summed E-state index contributed by atoms with van der Waals surface area (Å²) in [5.74, 6) is -1.45. The van der Waals surface area contributed by atoms with E-state index in [2.05, 4.69) is 68.7 Å². The lowest BCUT2D eigenvalue weighted by atomic mass is 9.48. The minimum Gasteiger partial charge on any atom is -0.476 e. The van der Waals surface area contributed by atoms with Gasteiger partial charge in [0.2, 0.25) is 0 Å². The third-order valence-electron chi connectivity index (χ3n) is 11.4. The molecule has 0 aliphatic heterocycles. The Morgan fingerprint density at radius 2 is 1.66 bits per heavy atom. The number of aromatic carboxylic acids is 1. The molecule has 2 N–H and O–H groups in total. The average Bonchev–Trinajstić information content (AvgIpc) is 3.66. The number of nitrogens with one attached hydrogen (secondary N) is 1. The molecule has 0 saturated heterocycles. The highest BCUT2D eigenvalue weighted by Crippen LogP contribution is 2.64. The van der Waals surface area contributed by atoms with Crippen LogP contribution < -0.4 is 5.32 Å². The molecule has 2 aliphatic carbocycles. The molecule has 290 valence electrons. The summed E-state index contributed by atoms with van der Waals surface area (Å²) in [6, 6.07) is 18.6. The number of rotatable bonds is 8. The summed E-state index contributed by atoms with van der Waals surface area (Å²) in [4.78, 5) is 40.2. The summed E-state index contributed by atoms with van der Waals surface area (Å²) in [7, 11) is 0. The highest BCUT2D eigenvalue weighted by atomic mass is 32.1. The van der Waals surface area contributed by atoms with Crippen LogP contribution in [0.3, 0.4) is 0 Å². The van der Waals surface area contributed by atoms with Gasteiger partial charge in [-0.3, -0.25) is 19.8 Å². The van der Waals surface area contributed by atoms with E-state index in [1.807, 2.05) is 54.1 Å². The van der Waals surface area contributed by atoms with Crippen molar-refractivity contribution in [1.29, 1.82) is 0 Å².